The van der Waals surface area contributed by atoms with Crippen molar-refractivity contribution in [3.63, 3.8) is 0 Å². The maximum Gasteiger partial charge on any atom is 0.311 e. The van der Waals surface area contributed by atoms with Gasteiger partial charge in [0.2, 0.25) is 0 Å². The lowest BCUT2D eigenvalue weighted by molar-refractivity contribution is -0.134. The summed E-state index contributed by atoms with van der Waals surface area (Å²) in [5, 5.41) is 0. The molecule has 164 valence electrons. The van der Waals surface area contributed by atoms with E-state index in [1.807, 2.05) is 30.3 Å². The van der Waals surface area contributed by atoms with Crippen molar-refractivity contribution in [1.82, 2.24) is 0 Å². The molecular formula is C27H44O2. The monoisotopic (exact) mass is 400 g/mol. The fraction of sp³-hybridized carbons (Fsp3) is 0.667. The van der Waals surface area contributed by atoms with Crippen LogP contribution in [-0.4, -0.2) is 5.97 Å². The van der Waals surface area contributed by atoms with Crippen molar-refractivity contribution < 1.29 is 9.53 Å². The van der Waals surface area contributed by atoms with Gasteiger partial charge in [-0.1, -0.05) is 121 Å². The van der Waals surface area contributed by atoms with Gasteiger partial charge < -0.3 is 4.74 Å². The SMILES string of the molecule is CCCCCCCCCCCCCCCCC=CCCC(=O)Oc1ccccc1. The first-order valence-electron chi connectivity index (χ1n) is 12.2. The zero-order valence-corrected chi connectivity index (χ0v) is 18.9. The first kappa shape index (κ1) is 25.5. The highest BCUT2D eigenvalue weighted by molar-refractivity contribution is 5.72. The van der Waals surface area contributed by atoms with Crippen LogP contribution < -0.4 is 4.74 Å². The van der Waals surface area contributed by atoms with Crippen LogP contribution in [0.3, 0.4) is 0 Å². The third kappa shape index (κ3) is 17.0. The van der Waals surface area contributed by atoms with Gasteiger partial charge in [-0.05, 0) is 31.4 Å². The summed E-state index contributed by atoms with van der Waals surface area (Å²) in [6, 6.07) is 9.28. The van der Waals surface area contributed by atoms with Crippen LogP contribution in [0.2, 0.25) is 0 Å². The van der Waals surface area contributed by atoms with Gasteiger partial charge in [0, 0.05) is 6.42 Å². The third-order valence-corrected chi connectivity index (χ3v) is 5.38. The molecule has 0 fully saturated rings. The van der Waals surface area contributed by atoms with Crippen LogP contribution in [-0.2, 0) is 4.79 Å². The van der Waals surface area contributed by atoms with E-state index in [9.17, 15) is 4.79 Å². The van der Waals surface area contributed by atoms with Gasteiger partial charge in [-0.15, -0.1) is 0 Å². The van der Waals surface area contributed by atoms with Gasteiger partial charge in [0.25, 0.3) is 0 Å². The number of ether oxygens (including phenoxy) is 1. The van der Waals surface area contributed by atoms with Crippen molar-refractivity contribution in [3.05, 3.63) is 42.5 Å². The summed E-state index contributed by atoms with van der Waals surface area (Å²) in [6.45, 7) is 2.28. The van der Waals surface area contributed by atoms with Crippen molar-refractivity contribution >= 4 is 5.97 Å². The number of hydrogen-bond donors (Lipinski definition) is 0. The van der Waals surface area contributed by atoms with Crippen molar-refractivity contribution in [3.8, 4) is 5.75 Å². The van der Waals surface area contributed by atoms with Crippen molar-refractivity contribution in [2.24, 2.45) is 0 Å². The summed E-state index contributed by atoms with van der Waals surface area (Å²) in [5.41, 5.74) is 0. The van der Waals surface area contributed by atoms with Gasteiger partial charge in [0.15, 0.2) is 0 Å². The predicted molar refractivity (Wildman–Crippen MR) is 125 cm³/mol. The second-order valence-corrected chi connectivity index (χ2v) is 8.18. The lowest BCUT2D eigenvalue weighted by atomic mass is 10.0. The molecule has 0 heterocycles. The summed E-state index contributed by atoms with van der Waals surface area (Å²) in [5.74, 6) is 0.473. The Morgan fingerprint density at radius 3 is 1.72 bits per heavy atom. The van der Waals surface area contributed by atoms with Gasteiger partial charge in [-0.3, -0.25) is 4.79 Å². The molecular weight excluding hydrogens is 356 g/mol. The number of unbranched alkanes of at least 4 members (excludes halogenated alkanes) is 14. The topological polar surface area (TPSA) is 26.3 Å². The lowest BCUT2D eigenvalue weighted by Crippen LogP contribution is -2.06. The van der Waals surface area contributed by atoms with Crippen molar-refractivity contribution in [2.75, 3.05) is 0 Å². The first-order chi connectivity index (χ1) is 14.3. The molecule has 0 spiro atoms. The number of esters is 1. The molecule has 0 atom stereocenters. The Morgan fingerprint density at radius 2 is 1.17 bits per heavy atom. The van der Waals surface area contributed by atoms with E-state index < -0.39 is 0 Å². The molecule has 0 aromatic heterocycles. The van der Waals surface area contributed by atoms with Gasteiger partial charge in [-0.2, -0.15) is 0 Å². The quantitative estimate of drug-likeness (QED) is 0.100. The number of para-hydroxylation sites is 1. The van der Waals surface area contributed by atoms with Crippen molar-refractivity contribution in [2.45, 2.75) is 116 Å². The van der Waals surface area contributed by atoms with E-state index in [1.54, 1.807) is 0 Å². The Balaban J connectivity index is 1.79. The highest BCUT2D eigenvalue weighted by Crippen LogP contribution is 2.14. The van der Waals surface area contributed by atoms with Gasteiger partial charge in [0.1, 0.15) is 5.75 Å². The van der Waals surface area contributed by atoms with E-state index in [0.717, 1.165) is 12.8 Å². The second-order valence-electron chi connectivity index (χ2n) is 8.18. The molecule has 0 aliphatic heterocycles. The Labute approximate surface area is 180 Å². The molecule has 1 aromatic rings. The van der Waals surface area contributed by atoms with E-state index in [4.69, 9.17) is 4.74 Å². The minimum atomic E-state index is -0.155. The molecule has 29 heavy (non-hydrogen) atoms. The molecule has 0 amide bonds. The smallest absolute Gasteiger partial charge is 0.311 e. The summed E-state index contributed by atoms with van der Waals surface area (Å²) in [6.07, 6.45) is 26.3. The summed E-state index contributed by atoms with van der Waals surface area (Å²) >= 11 is 0. The highest BCUT2D eigenvalue weighted by atomic mass is 16.5. The highest BCUT2D eigenvalue weighted by Gasteiger charge is 2.02. The fourth-order valence-corrected chi connectivity index (χ4v) is 3.56. The van der Waals surface area contributed by atoms with Crippen LogP contribution in [0.15, 0.2) is 42.5 Å². The molecule has 1 aromatic carbocycles. The molecule has 2 nitrogen and oxygen atoms in total. The minimum absolute atomic E-state index is 0.155. The van der Waals surface area contributed by atoms with Gasteiger partial charge in [-0.25, -0.2) is 0 Å². The van der Waals surface area contributed by atoms with Gasteiger partial charge in [0.05, 0.1) is 0 Å². The second kappa shape index (κ2) is 19.7. The number of benzene rings is 1. The molecule has 0 unspecified atom stereocenters. The largest absolute Gasteiger partial charge is 0.427 e. The maximum atomic E-state index is 11.7. The first-order valence-corrected chi connectivity index (χ1v) is 12.2. The third-order valence-electron chi connectivity index (χ3n) is 5.38. The Hall–Kier alpha value is -1.57. The van der Waals surface area contributed by atoms with Crippen LogP contribution in [0, 0.1) is 0 Å². The molecule has 0 bridgehead atoms. The van der Waals surface area contributed by atoms with E-state index in [-0.39, 0.29) is 5.97 Å². The fourth-order valence-electron chi connectivity index (χ4n) is 3.56. The molecule has 2 heteroatoms. The zero-order valence-electron chi connectivity index (χ0n) is 18.9. The molecule has 1 rings (SSSR count). The van der Waals surface area contributed by atoms with Crippen LogP contribution in [0.5, 0.6) is 5.75 Å². The standard InChI is InChI=1S/C27H44O2/c1-2-3-4-5-6-7-8-9-10-11-12-13-14-15-16-17-18-22-25-27(28)29-26-23-20-19-21-24-26/h17-21,23-24H,2-16,22,25H2,1H3. The van der Waals surface area contributed by atoms with Gasteiger partial charge >= 0.3 is 5.97 Å². The van der Waals surface area contributed by atoms with Crippen LogP contribution in [0.1, 0.15) is 116 Å². The summed E-state index contributed by atoms with van der Waals surface area (Å²) in [4.78, 5) is 11.7. The maximum absolute atomic E-state index is 11.7. The molecule has 0 saturated carbocycles. The van der Waals surface area contributed by atoms with Crippen LogP contribution >= 0.6 is 0 Å². The predicted octanol–water partition coefficient (Wildman–Crippen LogP) is 8.80. The molecule has 0 saturated heterocycles. The number of rotatable bonds is 19. The Bertz CT molecular complexity index is 507. The van der Waals surface area contributed by atoms with Crippen LogP contribution in [0.4, 0.5) is 0 Å². The normalized spacial score (nSPS) is 11.2. The summed E-state index contributed by atoms with van der Waals surface area (Å²) < 4.78 is 5.27. The molecule has 0 aliphatic carbocycles. The number of hydrogen-bond acceptors (Lipinski definition) is 2. The Kier molecular flexibility index (Phi) is 17.3. The molecule has 0 aliphatic rings. The van der Waals surface area contributed by atoms with Crippen LogP contribution in [0.25, 0.3) is 0 Å². The van der Waals surface area contributed by atoms with E-state index in [2.05, 4.69) is 19.1 Å². The Morgan fingerprint density at radius 1 is 0.690 bits per heavy atom. The summed E-state index contributed by atoms with van der Waals surface area (Å²) in [7, 11) is 0. The average Bonchev–Trinajstić information content (AvgIpc) is 2.73. The molecule has 0 radical (unpaired) electrons. The number of carbonyl (C=O) groups is 1. The average molecular weight is 401 g/mol. The zero-order chi connectivity index (χ0) is 20.8. The number of carbonyl (C=O) groups excluding carboxylic acids is 1. The van der Waals surface area contributed by atoms with E-state index in [0.29, 0.717) is 12.2 Å². The lowest BCUT2D eigenvalue weighted by Gasteiger charge is -2.03. The number of allylic oxidation sites excluding steroid dienone is 2. The van der Waals surface area contributed by atoms with Crippen molar-refractivity contribution in [1.29, 1.82) is 0 Å². The van der Waals surface area contributed by atoms with E-state index >= 15 is 0 Å². The minimum Gasteiger partial charge on any atom is -0.427 e. The van der Waals surface area contributed by atoms with E-state index in [1.165, 1.54) is 89.9 Å². The molecule has 0 N–H and O–H groups in total.